The van der Waals surface area contributed by atoms with Crippen LogP contribution in [0.25, 0.3) is 0 Å². The van der Waals surface area contributed by atoms with Gasteiger partial charge in [0.05, 0.1) is 11.7 Å². The second kappa shape index (κ2) is 5.26. The lowest BCUT2D eigenvalue weighted by Gasteiger charge is -2.01. The maximum absolute atomic E-state index is 4.24. The number of nitrogens with zero attached hydrogens (tertiary/aromatic N) is 2. The second-order valence-electron chi connectivity index (χ2n) is 3.77. The van der Waals surface area contributed by atoms with Gasteiger partial charge in [0, 0.05) is 4.47 Å². The maximum atomic E-state index is 4.24. The number of hydrogen-bond donors (Lipinski definition) is 1. The van der Waals surface area contributed by atoms with Crippen molar-refractivity contribution in [2.24, 2.45) is 10.3 Å². The summed E-state index contributed by atoms with van der Waals surface area (Å²) >= 11 is 3.39. The fraction of sp³-hybridized carbons (Fsp3) is 0.455. The van der Waals surface area contributed by atoms with Gasteiger partial charge in [0.25, 0.3) is 0 Å². The van der Waals surface area contributed by atoms with Gasteiger partial charge in [-0.2, -0.15) is 5.11 Å². The number of nitrogens with one attached hydrogen (secondary N) is 1. The Balaban J connectivity index is 1.84. The average Bonchev–Trinajstić information content (AvgIpc) is 2.74. The van der Waals surface area contributed by atoms with Gasteiger partial charge >= 0.3 is 0 Å². The van der Waals surface area contributed by atoms with Crippen LogP contribution >= 0.6 is 15.9 Å². The van der Waals surface area contributed by atoms with Gasteiger partial charge in [-0.15, -0.1) is 0 Å². The van der Waals surface area contributed by atoms with Gasteiger partial charge in [-0.05, 0) is 37.1 Å². The summed E-state index contributed by atoms with van der Waals surface area (Å²) in [6, 6.07) is 8.34. The van der Waals surface area contributed by atoms with Crippen LogP contribution in [0.4, 0.5) is 5.69 Å². The van der Waals surface area contributed by atoms with Crippen molar-refractivity contribution in [3.63, 3.8) is 0 Å². The first-order valence-electron chi connectivity index (χ1n) is 5.26. The highest BCUT2D eigenvalue weighted by atomic mass is 79.9. The SMILES string of the molecule is Brc1ccc(NN=NC2CCCC2)cc1. The Morgan fingerprint density at radius 1 is 1.13 bits per heavy atom. The van der Waals surface area contributed by atoms with E-state index < -0.39 is 0 Å². The third kappa shape index (κ3) is 3.30. The number of hydrogen-bond acceptors (Lipinski definition) is 2. The van der Waals surface area contributed by atoms with Crippen LogP contribution in [0.3, 0.4) is 0 Å². The van der Waals surface area contributed by atoms with Crippen LogP contribution in [0.2, 0.25) is 0 Å². The average molecular weight is 268 g/mol. The molecule has 1 N–H and O–H groups in total. The molecule has 15 heavy (non-hydrogen) atoms. The molecule has 2 rings (SSSR count). The van der Waals surface area contributed by atoms with Crippen LogP contribution < -0.4 is 5.43 Å². The molecule has 0 aromatic heterocycles. The lowest BCUT2D eigenvalue weighted by atomic mass is 10.3. The predicted octanol–water partition coefficient (Wildman–Crippen LogP) is 4.17. The van der Waals surface area contributed by atoms with Crippen LogP contribution in [-0.2, 0) is 0 Å². The van der Waals surface area contributed by atoms with E-state index in [0.717, 1.165) is 10.2 Å². The summed E-state index contributed by atoms with van der Waals surface area (Å²) in [6.07, 6.45) is 4.96. The topological polar surface area (TPSA) is 36.8 Å². The smallest absolute Gasteiger partial charge is 0.0729 e. The maximum Gasteiger partial charge on any atom is 0.0729 e. The Bertz CT molecular complexity index is 328. The molecule has 1 aliphatic rings. The van der Waals surface area contributed by atoms with E-state index >= 15 is 0 Å². The number of anilines is 1. The number of benzene rings is 1. The molecule has 0 unspecified atom stereocenters. The van der Waals surface area contributed by atoms with E-state index in [0.29, 0.717) is 6.04 Å². The summed E-state index contributed by atoms with van der Waals surface area (Å²) in [7, 11) is 0. The van der Waals surface area contributed by atoms with Gasteiger partial charge in [0.1, 0.15) is 0 Å². The van der Waals surface area contributed by atoms with Gasteiger partial charge in [-0.3, -0.25) is 5.43 Å². The first kappa shape index (κ1) is 10.6. The highest BCUT2D eigenvalue weighted by Crippen LogP contribution is 2.21. The Morgan fingerprint density at radius 2 is 1.80 bits per heavy atom. The zero-order valence-corrected chi connectivity index (χ0v) is 10.1. The Labute approximate surface area is 98.1 Å². The fourth-order valence-corrected chi connectivity index (χ4v) is 1.98. The van der Waals surface area contributed by atoms with E-state index in [1.807, 2.05) is 24.3 Å². The van der Waals surface area contributed by atoms with Crippen molar-refractivity contribution in [2.45, 2.75) is 31.7 Å². The van der Waals surface area contributed by atoms with Gasteiger partial charge < -0.3 is 0 Å². The zero-order chi connectivity index (χ0) is 10.5. The first-order valence-corrected chi connectivity index (χ1v) is 6.05. The third-order valence-electron chi connectivity index (χ3n) is 2.57. The van der Waals surface area contributed by atoms with Crippen molar-refractivity contribution in [1.29, 1.82) is 0 Å². The van der Waals surface area contributed by atoms with Crippen molar-refractivity contribution in [1.82, 2.24) is 0 Å². The minimum atomic E-state index is 0.438. The molecule has 80 valence electrons. The molecule has 0 bridgehead atoms. The van der Waals surface area contributed by atoms with Gasteiger partial charge in [0.2, 0.25) is 0 Å². The van der Waals surface area contributed by atoms with Crippen molar-refractivity contribution in [3.8, 4) is 0 Å². The van der Waals surface area contributed by atoms with E-state index in [-0.39, 0.29) is 0 Å². The fourth-order valence-electron chi connectivity index (χ4n) is 1.71. The molecule has 0 heterocycles. The van der Waals surface area contributed by atoms with E-state index in [1.54, 1.807) is 0 Å². The van der Waals surface area contributed by atoms with Crippen molar-refractivity contribution in [2.75, 3.05) is 5.43 Å². The molecule has 0 aliphatic heterocycles. The van der Waals surface area contributed by atoms with Gasteiger partial charge in [0.15, 0.2) is 0 Å². The summed E-state index contributed by atoms with van der Waals surface area (Å²) in [4.78, 5) is 0. The molecule has 1 aliphatic carbocycles. The molecule has 1 fully saturated rings. The first-order chi connectivity index (χ1) is 7.34. The lowest BCUT2D eigenvalue weighted by molar-refractivity contribution is 0.662. The molecule has 0 radical (unpaired) electrons. The summed E-state index contributed by atoms with van der Waals surface area (Å²) in [5, 5.41) is 8.26. The quantitative estimate of drug-likeness (QED) is 0.648. The Kier molecular flexibility index (Phi) is 3.72. The summed E-state index contributed by atoms with van der Waals surface area (Å²) < 4.78 is 1.07. The van der Waals surface area contributed by atoms with Crippen LogP contribution in [-0.4, -0.2) is 6.04 Å². The molecular formula is C11H14BrN3. The van der Waals surface area contributed by atoms with Crippen LogP contribution in [0, 0.1) is 0 Å². The van der Waals surface area contributed by atoms with Crippen LogP contribution in [0.15, 0.2) is 39.1 Å². The normalized spacial score (nSPS) is 17.4. The Morgan fingerprint density at radius 3 is 2.47 bits per heavy atom. The molecular weight excluding hydrogens is 254 g/mol. The van der Waals surface area contributed by atoms with E-state index in [2.05, 4.69) is 31.7 Å². The minimum Gasteiger partial charge on any atom is -0.260 e. The molecule has 1 aromatic rings. The molecule has 1 aromatic carbocycles. The third-order valence-corrected chi connectivity index (χ3v) is 3.10. The van der Waals surface area contributed by atoms with Gasteiger partial charge in [-0.1, -0.05) is 34.0 Å². The summed E-state index contributed by atoms with van der Waals surface area (Å²) in [5.41, 5.74) is 3.91. The molecule has 4 heteroatoms. The highest BCUT2D eigenvalue weighted by Gasteiger charge is 2.13. The molecule has 1 saturated carbocycles. The lowest BCUT2D eigenvalue weighted by Crippen LogP contribution is -1.96. The molecule has 0 spiro atoms. The standard InChI is InChI=1S/C11H14BrN3/c12-9-5-7-11(8-6-9)14-15-13-10-3-1-2-4-10/h5-8,10H,1-4H2,(H,13,14). The molecule has 0 saturated heterocycles. The van der Waals surface area contributed by atoms with Crippen LogP contribution in [0.5, 0.6) is 0 Å². The highest BCUT2D eigenvalue weighted by molar-refractivity contribution is 9.10. The predicted molar refractivity (Wildman–Crippen MR) is 64.9 cm³/mol. The van der Waals surface area contributed by atoms with E-state index in [4.69, 9.17) is 0 Å². The van der Waals surface area contributed by atoms with Crippen molar-refractivity contribution in [3.05, 3.63) is 28.7 Å². The van der Waals surface area contributed by atoms with Crippen LogP contribution in [0.1, 0.15) is 25.7 Å². The summed E-state index contributed by atoms with van der Waals surface area (Å²) in [5.74, 6) is 0. The molecule has 0 amide bonds. The monoisotopic (exact) mass is 267 g/mol. The van der Waals surface area contributed by atoms with Gasteiger partial charge in [-0.25, -0.2) is 0 Å². The zero-order valence-electron chi connectivity index (χ0n) is 8.49. The minimum absolute atomic E-state index is 0.438. The Hall–Kier alpha value is -0.900. The van der Waals surface area contributed by atoms with Crippen molar-refractivity contribution >= 4 is 21.6 Å². The number of halogens is 1. The second-order valence-corrected chi connectivity index (χ2v) is 4.69. The summed E-state index contributed by atoms with van der Waals surface area (Å²) in [6.45, 7) is 0. The number of rotatable bonds is 3. The largest absolute Gasteiger partial charge is 0.260 e. The van der Waals surface area contributed by atoms with Crippen molar-refractivity contribution < 1.29 is 0 Å². The van der Waals surface area contributed by atoms with E-state index in [1.165, 1.54) is 25.7 Å². The molecule has 3 nitrogen and oxygen atoms in total. The van der Waals surface area contributed by atoms with E-state index in [9.17, 15) is 0 Å². The molecule has 0 atom stereocenters.